The predicted octanol–water partition coefficient (Wildman–Crippen LogP) is 17.9. The van der Waals surface area contributed by atoms with E-state index in [1.807, 2.05) is 24.3 Å². The largest absolute Gasteiger partial charge is 0.453 e. The lowest BCUT2D eigenvalue weighted by molar-refractivity contribution is 0.477. The molecule has 3 aliphatic rings. The summed E-state index contributed by atoms with van der Waals surface area (Å²) in [4.78, 5) is 4.72. The van der Waals surface area contributed by atoms with Crippen LogP contribution in [0, 0.1) is 0 Å². The molecule has 4 heteroatoms. The highest BCUT2D eigenvalue weighted by atomic mass is 16.5. The van der Waals surface area contributed by atoms with Crippen LogP contribution in [0.25, 0.3) is 65.7 Å². The molecule has 0 radical (unpaired) electrons. The summed E-state index contributed by atoms with van der Waals surface area (Å²) in [5.74, 6) is 3.32. The van der Waals surface area contributed by atoms with Crippen LogP contribution in [-0.2, 0) is 5.41 Å². The van der Waals surface area contributed by atoms with Crippen LogP contribution in [0.2, 0.25) is 0 Å². The predicted molar refractivity (Wildman–Crippen MR) is 277 cm³/mol. The maximum atomic E-state index is 6.53. The first kappa shape index (κ1) is 37.7. The normalized spacial score (nSPS) is 13.8. The molecule has 0 fully saturated rings. The van der Waals surface area contributed by atoms with Crippen LogP contribution >= 0.6 is 0 Å². The average Bonchev–Trinajstić information content (AvgIpc) is 3.61. The minimum Gasteiger partial charge on any atom is -0.453 e. The van der Waals surface area contributed by atoms with Crippen molar-refractivity contribution < 1.29 is 9.47 Å². The maximum Gasteiger partial charge on any atom is 0.151 e. The van der Waals surface area contributed by atoms with Gasteiger partial charge in [-0.2, -0.15) is 0 Å². The van der Waals surface area contributed by atoms with Crippen molar-refractivity contribution >= 4 is 66.4 Å². The number of anilines is 6. The molecule has 11 aromatic rings. The molecule has 0 aromatic heterocycles. The van der Waals surface area contributed by atoms with Crippen molar-refractivity contribution in [2.45, 2.75) is 19.3 Å². The summed E-state index contributed by atoms with van der Waals surface area (Å²) in [7, 11) is 0. The monoisotopic (exact) mass is 858 g/mol. The Balaban J connectivity index is 1.13. The van der Waals surface area contributed by atoms with Crippen molar-refractivity contribution in [3.63, 3.8) is 0 Å². The van der Waals surface area contributed by atoms with Gasteiger partial charge < -0.3 is 19.3 Å². The molecule has 2 heterocycles. The summed E-state index contributed by atoms with van der Waals surface area (Å²) < 4.78 is 13.1. The molecule has 2 aliphatic heterocycles. The summed E-state index contributed by atoms with van der Waals surface area (Å²) in [5.41, 5.74) is 16.1. The zero-order valence-corrected chi connectivity index (χ0v) is 37.0. The zero-order valence-electron chi connectivity index (χ0n) is 37.0. The van der Waals surface area contributed by atoms with E-state index in [0.717, 1.165) is 57.1 Å². The Hall–Kier alpha value is -8.60. The molecule has 0 amide bonds. The molecule has 0 unspecified atom stereocenters. The maximum absolute atomic E-state index is 6.53. The van der Waals surface area contributed by atoms with Crippen molar-refractivity contribution in [3.05, 3.63) is 230 Å². The number of fused-ring (bicyclic) bond motifs is 10. The SMILES string of the molecule is CC1(C)c2ccccc2-c2c(-c3c4ccc(N5c6ccccc6Oc6ccccc65)cc4c(-c4ccc5ccccc5c4)c4ccc(N5c6ccccc6Oc6ccccc65)cc34)cccc21. The van der Waals surface area contributed by atoms with E-state index in [0.29, 0.717) is 0 Å². The highest BCUT2D eigenvalue weighted by Crippen LogP contribution is 2.58. The van der Waals surface area contributed by atoms with Crippen molar-refractivity contribution in [3.8, 4) is 56.4 Å². The molecular weight excluding hydrogens is 817 g/mol. The average molecular weight is 859 g/mol. The molecule has 0 saturated heterocycles. The van der Waals surface area contributed by atoms with E-state index in [9.17, 15) is 0 Å². The van der Waals surface area contributed by atoms with Crippen molar-refractivity contribution in [2.24, 2.45) is 0 Å². The number of nitrogens with zero attached hydrogens (tertiary/aromatic N) is 2. The standard InChI is InChI=1S/C63H42N2O2/c1-63(2)50-20-6-5-18-46(50)62-47(19-15-21-51(62)63)61-45-35-33-42(64-52-22-7-11-26-56(52)66-57-27-12-8-23-53(57)64)37-48(45)60(41-31-30-39-16-3-4-17-40(39)36-41)44-34-32-43(38-49(44)61)65-54-24-9-13-28-58(54)67-59-29-14-10-25-55(59)65/h3-38H,1-2H3. The van der Waals surface area contributed by atoms with E-state index in [1.165, 1.54) is 76.8 Å². The van der Waals surface area contributed by atoms with Crippen LogP contribution in [0.5, 0.6) is 23.0 Å². The van der Waals surface area contributed by atoms with Crippen molar-refractivity contribution in [2.75, 3.05) is 9.80 Å². The molecule has 67 heavy (non-hydrogen) atoms. The van der Waals surface area contributed by atoms with E-state index < -0.39 is 0 Å². The Bertz CT molecular complexity index is 3790. The lowest BCUT2D eigenvalue weighted by Crippen LogP contribution is -2.16. The van der Waals surface area contributed by atoms with E-state index in [4.69, 9.17) is 9.47 Å². The lowest BCUT2D eigenvalue weighted by atomic mass is 9.80. The molecular formula is C63H42N2O2. The van der Waals surface area contributed by atoms with Gasteiger partial charge in [0.15, 0.2) is 23.0 Å². The van der Waals surface area contributed by atoms with Crippen LogP contribution in [0.1, 0.15) is 25.0 Å². The molecule has 0 bridgehead atoms. The van der Waals surface area contributed by atoms with Crippen LogP contribution in [0.15, 0.2) is 218 Å². The lowest BCUT2D eigenvalue weighted by Gasteiger charge is -2.33. The van der Waals surface area contributed by atoms with Gasteiger partial charge >= 0.3 is 0 Å². The van der Waals surface area contributed by atoms with E-state index >= 15 is 0 Å². The number of para-hydroxylation sites is 8. The summed E-state index contributed by atoms with van der Waals surface area (Å²) in [6.45, 7) is 4.74. The van der Waals surface area contributed by atoms with Gasteiger partial charge in [0.1, 0.15) is 0 Å². The molecule has 1 aliphatic carbocycles. The van der Waals surface area contributed by atoms with Gasteiger partial charge in [0.2, 0.25) is 0 Å². The highest BCUT2D eigenvalue weighted by molar-refractivity contribution is 6.24. The fourth-order valence-corrected chi connectivity index (χ4v) is 11.4. The molecule has 4 nitrogen and oxygen atoms in total. The van der Waals surface area contributed by atoms with Gasteiger partial charge in [-0.15, -0.1) is 0 Å². The zero-order chi connectivity index (χ0) is 44.4. The summed E-state index contributed by atoms with van der Waals surface area (Å²) in [6, 6.07) is 79.2. The minimum atomic E-state index is -0.171. The second-order valence-corrected chi connectivity index (χ2v) is 18.4. The smallest absolute Gasteiger partial charge is 0.151 e. The van der Waals surface area contributed by atoms with Gasteiger partial charge in [0.25, 0.3) is 0 Å². The summed E-state index contributed by atoms with van der Waals surface area (Å²) in [6.07, 6.45) is 0. The van der Waals surface area contributed by atoms with Gasteiger partial charge in [0, 0.05) is 16.8 Å². The number of hydrogen-bond acceptors (Lipinski definition) is 4. The van der Waals surface area contributed by atoms with Crippen molar-refractivity contribution in [1.82, 2.24) is 0 Å². The summed E-state index contributed by atoms with van der Waals surface area (Å²) >= 11 is 0. The summed E-state index contributed by atoms with van der Waals surface area (Å²) in [5, 5.41) is 7.14. The number of hydrogen-bond donors (Lipinski definition) is 0. The molecule has 0 saturated carbocycles. The molecule has 0 N–H and O–H groups in total. The third-order valence-corrected chi connectivity index (χ3v) is 14.4. The van der Waals surface area contributed by atoms with Crippen LogP contribution in [0.4, 0.5) is 34.1 Å². The third-order valence-electron chi connectivity index (χ3n) is 14.4. The van der Waals surface area contributed by atoms with Gasteiger partial charge in [0.05, 0.1) is 22.7 Å². The number of benzene rings is 11. The molecule has 0 spiro atoms. The number of ether oxygens (including phenoxy) is 2. The highest BCUT2D eigenvalue weighted by Gasteiger charge is 2.38. The van der Waals surface area contributed by atoms with E-state index in [2.05, 4.69) is 218 Å². The van der Waals surface area contributed by atoms with Crippen LogP contribution < -0.4 is 19.3 Å². The first-order valence-corrected chi connectivity index (χ1v) is 23.1. The van der Waals surface area contributed by atoms with Gasteiger partial charge in [-0.3, -0.25) is 0 Å². The van der Waals surface area contributed by atoms with Crippen LogP contribution in [-0.4, -0.2) is 0 Å². The Labute approximate surface area is 389 Å². The van der Waals surface area contributed by atoms with Crippen molar-refractivity contribution in [1.29, 1.82) is 0 Å². The second-order valence-electron chi connectivity index (χ2n) is 18.4. The minimum absolute atomic E-state index is 0.171. The van der Waals surface area contributed by atoms with E-state index in [-0.39, 0.29) is 5.41 Å². The Kier molecular flexibility index (Phi) is 8.00. The molecule has 0 atom stereocenters. The second kappa shape index (κ2) is 14.2. The van der Waals surface area contributed by atoms with E-state index in [1.54, 1.807) is 0 Å². The first-order valence-electron chi connectivity index (χ1n) is 23.1. The topological polar surface area (TPSA) is 24.9 Å². The third kappa shape index (κ3) is 5.54. The Morgan fingerprint density at radius 3 is 1.39 bits per heavy atom. The van der Waals surface area contributed by atoms with Gasteiger partial charge in [-0.05, 0) is 156 Å². The van der Waals surface area contributed by atoms with Crippen LogP contribution in [0.3, 0.4) is 0 Å². The first-order chi connectivity index (χ1) is 33.0. The number of rotatable bonds is 4. The van der Waals surface area contributed by atoms with Gasteiger partial charge in [-0.25, -0.2) is 0 Å². The molecule has 14 rings (SSSR count). The Morgan fingerprint density at radius 2 is 0.791 bits per heavy atom. The Morgan fingerprint density at radius 1 is 0.328 bits per heavy atom. The molecule has 316 valence electrons. The quantitative estimate of drug-likeness (QED) is 0.165. The van der Waals surface area contributed by atoms with Gasteiger partial charge in [-0.1, -0.05) is 153 Å². The fraction of sp³-hybridized carbons (Fsp3) is 0.0476. The molecule has 11 aromatic carbocycles. The fourth-order valence-electron chi connectivity index (χ4n) is 11.4.